The highest BCUT2D eigenvalue weighted by molar-refractivity contribution is 7.88. The Morgan fingerprint density at radius 1 is 1.18 bits per heavy atom. The molecule has 4 rings (SSSR count). The number of hydrogen-bond donors (Lipinski definition) is 2. The van der Waals surface area contributed by atoms with Crippen molar-refractivity contribution in [1.82, 2.24) is 15.5 Å². The average Bonchev–Trinajstić information content (AvgIpc) is 3.62. The van der Waals surface area contributed by atoms with Gasteiger partial charge < -0.3 is 19.7 Å². The number of rotatable bonds is 11. The first-order valence-corrected chi connectivity index (χ1v) is 13.9. The van der Waals surface area contributed by atoms with Crippen molar-refractivity contribution in [2.45, 2.75) is 61.7 Å². The van der Waals surface area contributed by atoms with Gasteiger partial charge in [-0.15, -0.1) is 0 Å². The molecule has 13 heteroatoms. The van der Waals surface area contributed by atoms with Crippen molar-refractivity contribution in [1.29, 1.82) is 0 Å². The van der Waals surface area contributed by atoms with Crippen LogP contribution in [-0.2, 0) is 29.4 Å². The molecule has 2 atom stereocenters. The Balaban J connectivity index is 1.46. The van der Waals surface area contributed by atoms with Crippen molar-refractivity contribution < 1.29 is 30.7 Å². The van der Waals surface area contributed by atoms with Gasteiger partial charge in [0.1, 0.15) is 5.75 Å². The zero-order chi connectivity index (χ0) is 28.4. The number of nitrogens with one attached hydrogen (secondary N) is 2. The van der Waals surface area contributed by atoms with E-state index in [-0.39, 0.29) is 12.1 Å². The van der Waals surface area contributed by atoms with Crippen molar-refractivity contribution in [3.63, 3.8) is 0 Å². The second-order valence-corrected chi connectivity index (χ2v) is 11.8. The Morgan fingerprint density at radius 2 is 1.82 bits per heavy atom. The lowest BCUT2D eigenvalue weighted by atomic mass is 9.88. The van der Waals surface area contributed by atoms with Crippen LogP contribution in [0.15, 0.2) is 60.6 Å². The number of halogens is 3. The normalized spacial score (nSPS) is 19.6. The first kappa shape index (κ1) is 28.7. The zero-order valence-electron chi connectivity index (χ0n) is 21.6. The molecule has 9 nitrogen and oxygen atoms in total. The number of alkyl halides is 3. The topological polar surface area (TPSA) is 114 Å². The lowest BCUT2D eigenvalue weighted by Gasteiger charge is -2.36. The van der Waals surface area contributed by atoms with Crippen LogP contribution in [0.1, 0.15) is 36.0 Å². The number of hydrogen-bond acceptors (Lipinski definition) is 8. The molecule has 0 amide bonds. The van der Waals surface area contributed by atoms with E-state index in [1.807, 2.05) is 31.1 Å². The molecule has 2 unspecified atom stereocenters. The number of fused-ring (bicyclic) bond motifs is 1. The number of benzene rings is 2. The summed E-state index contributed by atoms with van der Waals surface area (Å²) in [6.07, 6.45) is 5.45. The molecule has 0 radical (unpaired) electrons. The van der Waals surface area contributed by atoms with Crippen LogP contribution < -0.4 is 14.8 Å². The molecule has 0 aromatic heterocycles. The minimum absolute atomic E-state index is 0.0349. The highest BCUT2D eigenvalue weighted by Gasteiger charge is 2.51. The maximum atomic E-state index is 12.6. The van der Waals surface area contributed by atoms with Gasteiger partial charge in [0.25, 0.3) is 6.20 Å². The molecule has 2 aromatic carbocycles. The second kappa shape index (κ2) is 11.0. The fraction of sp³-hybridized carbons (Fsp3) is 0.462. The summed E-state index contributed by atoms with van der Waals surface area (Å²) < 4.78 is 64.6. The van der Waals surface area contributed by atoms with E-state index in [0.29, 0.717) is 12.2 Å². The summed E-state index contributed by atoms with van der Waals surface area (Å²) in [7, 11) is -1.97. The molecule has 1 saturated carbocycles. The highest BCUT2D eigenvalue weighted by atomic mass is 32.2. The monoisotopic (exact) mass is 568 g/mol. The van der Waals surface area contributed by atoms with Gasteiger partial charge >= 0.3 is 15.6 Å². The van der Waals surface area contributed by atoms with Gasteiger partial charge in [0.05, 0.1) is 10.5 Å². The third-order valence-electron chi connectivity index (χ3n) is 7.22. The van der Waals surface area contributed by atoms with Crippen molar-refractivity contribution in [3.05, 3.63) is 87.4 Å². The van der Waals surface area contributed by atoms with Crippen LogP contribution in [0.3, 0.4) is 0 Å². The van der Waals surface area contributed by atoms with Gasteiger partial charge in [-0.1, -0.05) is 36.4 Å². The first-order chi connectivity index (χ1) is 18.3. The van der Waals surface area contributed by atoms with Crippen LogP contribution in [0.4, 0.5) is 13.2 Å². The summed E-state index contributed by atoms with van der Waals surface area (Å²) in [5.41, 5.74) is -2.71. The Bertz CT molecular complexity index is 1330. The van der Waals surface area contributed by atoms with Crippen molar-refractivity contribution in [3.8, 4) is 5.75 Å². The van der Waals surface area contributed by atoms with Crippen molar-refractivity contribution >= 4 is 10.1 Å². The van der Waals surface area contributed by atoms with Gasteiger partial charge in [-0.2, -0.15) is 21.6 Å². The predicted molar refractivity (Wildman–Crippen MR) is 139 cm³/mol. The van der Waals surface area contributed by atoms with E-state index < -0.39 is 31.8 Å². The maximum absolute atomic E-state index is 12.6. The molecule has 39 heavy (non-hydrogen) atoms. The smallest absolute Gasteiger partial charge is 0.376 e. The third kappa shape index (κ3) is 7.01. The molecule has 0 heterocycles. The number of aryl methyl sites for hydroxylation is 1. The Hall–Kier alpha value is -3.32. The minimum Gasteiger partial charge on any atom is -0.376 e. The number of nitrogens with zero attached hydrogens (tertiary/aromatic N) is 2. The molecule has 0 saturated heterocycles. The van der Waals surface area contributed by atoms with Crippen LogP contribution >= 0.6 is 0 Å². The second-order valence-electron chi connectivity index (χ2n) is 10.3. The molecular weight excluding hydrogens is 537 g/mol. The van der Waals surface area contributed by atoms with E-state index in [9.17, 15) is 31.7 Å². The van der Waals surface area contributed by atoms with Crippen LogP contribution in [-0.4, -0.2) is 55.5 Å². The molecule has 2 aliphatic rings. The Kier molecular flexibility index (Phi) is 8.12. The molecule has 2 N–H and O–H groups in total. The summed E-state index contributed by atoms with van der Waals surface area (Å²) in [5.74, 6) is -0.0963. The summed E-state index contributed by atoms with van der Waals surface area (Å²) in [4.78, 5) is 13.0. The standard InChI is InChI=1S/C26H31F3N4O5S/c1-32(2)23(15-18-7-11-22(12-8-18)38-39(36,37)26(27,28)29)25(13-14-25)31-24(17-33(34)35)30-21-10-9-19-5-3-4-6-20(19)16-21/h3-8,11-12,17,21,23,30-31H,9-10,13-16H2,1-2H3. The lowest BCUT2D eigenvalue weighted by Crippen LogP contribution is -2.53. The fourth-order valence-corrected chi connectivity index (χ4v) is 5.61. The van der Waals surface area contributed by atoms with Crippen molar-refractivity contribution in [2.75, 3.05) is 14.1 Å². The molecule has 0 bridgehead atoms. The van der Waals surface area contributed by atoms with Crippen LogP contribution in [0.25, 0.3) is 0 Å². The van der Waals surface area contributed by atoms with Gasteiger partial charge in [0.2, 0.25) is 0 Å². The highest BCUT2D eigenvalue weighted by Crippen LogP contribution is 2.42. The van der Waals surface area contributed by atoms with Crippen LogP contribution in [0.5, 0.6) is 5.75 Å². The summed E-state index contributed by atoms with van der Waals surface area (Å²) in [5, 5.41) is 18.2. The van der Waals surface area contributed by atoms with E-state index in [2.05, 4.69) is 26.9 Å². The number of likely N-dealkylation sites (N-methyl/N-ethyl adjacent to an activating group) is 1. The van der Waals surface area contributed by atoms with Gasteiger partial charge in [-0.25, -0.2) is 0 Å². The fourth-order valence-electron chi connectivity index (χ4n) is 5.15. The van der Waals surface area contributed by atoms with E-state index >= 15 is 0 Å². The predicted octanol–water partition coefficient (Wildman–Crippen LogP) is 3.73. The number of nitro groups is 1. The average molecular weight is 569 g/mol. The van der Waals surface area contributed by atoms with E-state index in [4.69, 9.17) is 0 Å². The SMILES string of the molecule is CN(C)C(Cc1ccc(OS(=O)(=O)C(F)(F)F)cc1)C1(NC(=C[N+](=O)[O-])NC2CCc3ccccc3C2)CC1. The minimum atomic E-state index is -5.75. The largest absolute Gasteiger partial charge is 0.534 e. The summed E-state index contributed by atoms with van der Waals surface area (Å²) >= 11 is 0. The first-order valence-electron chi connectivity index (χ1n) is 12.5. The molecule has 0 aliphatic heterocycles. The maximum Gasteiger partial charge on any atom is 0.534 e. The summed E-state index contributed by atoms with van der Waals surface area (Å²) in [6.45, 7) is 0. The van der Waals surface area contributed by atoms with Gasteiger partial charge in [0, 0.05) is 12.1 Å². The summed E-state index contributed by atoms with van der Waals surface area (Å²) in [6, 6.07) is 13.5. The van der Waals surface area contributed by atoms with Gasteiger partial charge in [0.15, 0.2) is 5.82 Å². The zero-order valence-corrected chi connectivity index (χ0v) is 22.4. The Labute approximate surface area is 225 Å². The lowest BCUT2D eigenvalue weighted by molar-refractivity contribution is -0.404. The quantitative estimate of drug-likeness (QED) is 0.183. The van der Waals surface area contributed by atoms with Crippen molar-refractivity contribution in [2.24, 2.45) is 0 Å². The van der Waals surface area contributed by atoms with Crippen LogP contribution in [0, 0.1) is 10.1 Å². The third-order valence-corrected chi connectivity index (χ3v) is 8.20. The van der Waals surface area contributed by atoms with Gasteiger partial charge in [-0.3, -0.25) is 10.1 Å². The van der Waals surface area contributed by atoms with E-state index in [1.54, 1.807) is 0 Å². The molecule has 2 aliphatic carbocycles. The van der Waals surface area contributed by atoms with E-state index in [0.717, 1.165) is 43.9 Å². The molecule has 0 spiro atoms. The molecule has 2 aromatic rings. The molecule has 1 fully saturated rings. The molecule has 212 valence electrons. The van der Waals surface area contributed by atoms with Gasteiger partial charge in [-0.05, 0) is 81.4 Å². The van der Waals surface area contributed by atoms with Crippen LogP contribution in [0.2, 0.25) is 0 Å². The molecular formula is C26H31F3N4O5S. The Morgan fingerprint density at radius 3 is 2.38 bits per heavy atom. The van der Waals surface area contributed by atoms with E-state index in [1.165, 1.54) is 35.4 Å².